The zero-order valence-electron chi connectivity index (χ0n) is 18.6. The third kappa shape index (κ3) is 4.41. The number of carbonyl (C=O) groups is 1. The molecule has 0 radical (unpaired) electrons. The number of aromatic nitrogens is 5. The summed E-state index contributed by atoms with van der Waals surface area (Å²) in [5.74, 6) is 1.02. The van der Waals surface area contributed by atoms with Gasteiger partial charge in [-0.25, -0.2) is 9.67 Å². The monoisotopic (exact) mass is 466 g/mol. The summed E-state index contributed by atoms with van der Waals surface area (Å²) in [6, 6.07) is 9.28. The summed E-state index contributed by atoms with van der Waals surface area (Å²) in [6.07, 6.45) is 1.89. The van der Waals surface area contributed by atoms with E-state index >= 15 is 0 Å². The number of benzene rings is 1. The second-order valence-corrected chi connectivity index (χ2v) is 8.69. The molecule has 1 fully saturated rings. The number of ether oxygens (including phenoxy) is 1. The molecule has 0 saturated heterocycles. The van der Waals surface area contributed by atoms with Gasteiger partial charge in [0.1, 0.15) is 0 Å². The lowest BCUT2D eigenvalue weighted by Gasteiger charge is -2.20. The van der Waals surface area contributed by atoms with Crippen LogP contribution in [-0.4, -0.2) is 48.4 Å². The molecule has 0 unspecified atom stereocenters. The summed E-state index contributed by atoms with van der Waals surface area (Å²) in [4.78, 5) is 19.3. The molecule has 1 aliphatic carbocycles. The van der Waals surface area contributed by atoms with Gasteiger partial charge in [-0.05, 0) is 62.6 Å². The maximum atomic E-state index is 13.0. The maximum Gasteiger partial charge on any atom is 0.261 e. The van der Waals surface area contributed by atoms with E-state index in [1.807, 2.05) is 39.1 Å². The Kier molecular flexibility index (Phi) is 5.49. The minimum atomic E-state index is -0.153. The van der Waals surface area contributed by atoms with Gasteiger partial charge in [0.2, 0.25) is 17.7 Å². The molecule has 3 heterocycles. The number of rotatable bonds is 7. The third-order valence-corrected chi connectivity index (χ3v) is 5.84. The molecule has 3 aromatic heterocycles. The molecule has 9 nitrogen and oxygen atoms in total. The van der Waals surface area contributed by atoms with Gasteiger partial charge in [-0.2, -0.15) is 0 Å². The molecule has 33 heavy (non-hydrogen) atoms. The van der Waals surface area contributed by atoms with Gasteiger partial charge in [0.15, 0.2) is 12.3 Å². The highest BCUT2D eigenvalue weighted by Crippen LogP contribution is 2.30. The quantitative estimate of drug-likeness (QED) is 0.407. The average Bonchev–Trinajstić information content (AvgIpc) is 3.43. The second kappa shape index (κ2) is 8.47. The molecule has 1 aliphatic rings. The van der Waals surface area contributed by atoms with E-state index in [9.17, 15) is 4.79 Å². The molecular formula is C23H23ClN6O3. The van der Waals surface area contributed by atoms with Crippen molar-refractivity contribution in [2.75, 3.05) is 6.61 Å². The number of aryl methyl sites for hydroxylation is 3. The van der Waals surface area contributed by atoms with Crippen molar-refractivity contribution in [2.45, 2.75) is 39.3 Å². The lowest BCUT2D eigenvalue weighted by atomic mass is 10.2. The zero-order valence-corrected chi connectivity index (χ0v) is 19.3. The first-order valence-corrected chi connectivity index (χ1v) is 11.1. The average molecular weight is 467 g/mol. The van der Waals surface area contributed by atoms with Crippen molar-refractivity contribution in [1.82, 2.24) is 29.9 Å². The van der Waals surface area contributed by atoms with Gasteiger partial charge >= 0.3 is 0 Å². The van der Waals surface area contributed by atoms with E-state index in [1.165, 1.54) is 0 Å². The highest BCUT2D eigenvalue weighted by molar-refractivity contribution is 6.30. The second-order valence-electron chi connectivity index (χ2n) is 8.26. The Hall–Kier alpha value is -3.46. The zero-order chi connectivity index (χ0) is 23.1. The minimum Gasteiger partial charge on any atom is -0.466 e. The normalized spacial score (nSPS) is 13.5. The van der Waals surface area contributed by atoms with Crippen LogP contribution < -0.4 is 4.74 Å². The fourth-order valence-corrected chi connectivity index (χ4v) is 3.97. The number of hydrogen-bond acceptors (Lipinski definition) is 7. The number of nitrogens with zero attached hydrogens (tertiary/aromatic N) is 6. The molecule has 1 amide bonds. The molecule has 4 aromatic rings. The Balaban J connectivity index is 1.30. The molecule has 0 N–H and O–H groups in total. The Labute approximate surface area is 195 Å². The summed E-state index contributed by atoms with van der Waals surface area (Å²) >= 11 is 5.94. The number of halogens is 1. The topological polar surface area (TPSA) is 99.2 Å². The van der Waals surface area contributed by atoms with Gasteiger partial charge < -0.3 is 14.1 Å². The highest BCUT2D eigenvalue weighted by Gasteiger charge is 2.34. The summed E-state index contributed by atoms with van der Waals surface area (Å²) < 4.78 is 13.3. The molecule has 0 spiro atoms. The van der Waals surface area contributed by atoms with Gasteiger partial charge in [-0.1, -0.05) is 11.6 Å². The predicted octanol–water partition coefficient (Wildman–Crippen LogP) is 3.86. The van der Waals surface area contributed by atoms with Crippen LogP contribution in [0.4, 0.5) is 0 Å². The largest absolute Gasteiger partial charge is 0.466 e. The Morgan fingerprint density at radius 1 is 1.24 bits per heavy atom. The van der Waals surface area contributed by atoms with E-state index < -0.39 is 0 Å². The van der Waals surface area contributed by atoms with Crippen LogP contribution in [0.15, 0.2) is 34.7 Å². The summed E-state index contributed by atoms with van der Waals surface area (Å²) in [6.45, 7) is 4.02. The van der Waals surface area contributed by atoms with Crippen molar-refractivity contribution in [1.29, 1.82) is 0 Å². The lowest BCUT2D eigenvalue weighted by molar-refractivity contribution is -0.135. The third-order valence-electron chi connectivity index (χ3n) is 5.59. The minimum absolute atomic E-state index is 0.131. The van der Waals surface area contributed by atoms with Gasteiger partial charge in [-0.3, -0.25) is 4.79 Å². The van der Waals surface area contributed by atoms with E-state index in [-0.39, 0.29) is 25.1 Å². The standard InChI is InChI=1S/C23H23ClN6O3/c1-13-10-14(2)25-21-20(13)23(28-29(21)3)32-12-19(31)30(17-8-9-17)11-18-26-27-22(33-18)15-4-6-16(24)7-5-15/h4-7,10,17H,8-9,11-12H2,1-3H3. The summed E-state index contributed by atoms with van der Waals surface area (Å²) in [5, 5.41) is 14.1. The Morgan fingerprint density at radius 2 is 2.00 bits per heavy atom. The van der Waals surface area contributed by atoms with Crippen molar-refractivity contribution in [3.8, 4) is 17.3 Å². The Bertz CT molecular complexity index is 1330. The number of carbonyl (C=O) groups excluding carboxylic acids is 1. The van der Waals surface area contributed by atoms with Crippen molar-refractivity contribution in [2.24, 2.45) is 7.05 Å². The van der Waals surface area contributed by atoms with Crippen LogP contribution in [0.25, 0.3) is 22.5 Å². The van der Waals surface area contributed by atoms with Gasteiger partial charge in [0.25, 0.3) is 5.91 Å². The summed E-state index contributed by atoms with van der Waals surface area (Å²) in [5.41, 5.74) is 3.41. The van der Waals surface area contributed by atoms with Crippen LogP contribution in [-0.2, 0) is 18.4 Å². The molecule has 0 bridgehead atoms. The van der Waals surface area contributed by atoms with Crippen molar-refractivity contribution in [3.63, 3.8) is 0 Å². The van der Waals surface area contributed by atoms with Crippen LogP contribution in [0, 0.1) is 13.8 Å². The van der Waals surface area contributed by atoms with Crippen LogP contribution >= 0.6 is 11.6 Å². The molecule has 0 atom stereocenters. The van der Waals surface area contributed by atoms with E-state index in [4.69, 9.17) is 20.8 Å². The van der Waals surface area contributed by atoms with E-state index in [0.29, 0.717) is 22.7 Å². The first-order chi connectivity index (χ1) is 15.9. The molecule has 10 heteroatoms. The molecule has 1 saturated carbocycles. The van der Waals surface area contributed by atoms with Crippen LogP contribution in [0.1, 0.15) is 30.0 Å². The number of amides is 1. The first kappa shape index (κ1) is 21.4. The summed E-state index contributed by atoms with van der Waals surface area (Å²) in [7, 11) is 1.81. The highest BCUT2D eigenvalue weighted by atomic mass is 35.5. The number of hydrogen-bond donors (Lipinski definition) is 0. The van der Waals surface area contributed by atoms with Crippen LogP contribution in [0.3, 0.4) is 0 Å². The van der Waals surface area contributed by atoms with Gasteiger partial charge in [0.05, 0.1) is 11.9 Å². The van der Waals surface area contributed by atoms with Crippen LogP contribution in [0.2, 0.25) is 5.02 Å². The Morgan fingerprint density at radius 3 is 2.73 bits per heavy atom. The molecular weight excluding hydrogens is 444 g/mol. The van der Waals surface area contributed by atoms with Gasteiger partial charge in [0, 0.05) is 29.4 Å². The van der Waals surface area contributed by atoms with Crippen molar-refractivity contribution >= 4 is 28.5 Å². The van der Waals surface area contributed by atoms with E-state index in [1.54, 1.807) is 21.7 Å². The van der Waals surface area contributed by atoms with Crippen molar-refractivity contribution < 1.29 is 13.9 Å². The van der Waals surface area contributed by atoms with Crippen LogP contribution in [0.5, 0.6) is 5.88 Å². The smallest absolute Gasteiger partial charge is 0.261 e. The fourth-order valence-electron chi connectivity index (χ4n) is 3.84. The molecule has 170 valence electrons. The van der Waals surface area contributed by atoms with E-state index in [2.05, 4.69) is 20.3 Å². The number of pyridine rings is 1. The molecule has 5 rings (SSSR count). The van der Waals surface area contributed by atoms with Crippen molar-refractivity contribution in [3.05, 3.63) is 52.5 Å². The maximum absolute atomic E-state index is 13.0. The fraction of sp³-hybridized carbons (Fsp3) is 0.348. The molecule has 0 aliphatic heterocycles. The number of fused-ring (bicyclic) bond motifs is 1. The predicted molar refractivity (Wildman–Crippen MR) is 122 cm³/mol. The first-order valence-electron chi connectivity index (χ1n) is 10.7. The van der Waals surface area contributed by atoms with E-state index in [0.717, 1.165) is 40.7 Å². The lowest BCUT2D eigenvalue weighted by Crippen LogP contribution is -2.36. The van der Waals surface area contributed by atoms with Gasteiger partial charge in [-0.15, -0.1) is 15.3 Å². The SMILES string of the molecule is Cc1cc(C)c2c(OCC(=O)N(Cc3nnc(-c4ccc(Cl)cc4)o3)C3CC3)nn(C)c2n1. The molecule has 1 aromatic carbocycles.